The Morgan fingerprint density at radius 2 is 2.13 bits per heavy atom. The molecule has 0 aliphatic rings. The summed E-state index contributed by atoms with van der Waals surface area (Å²) in [6.07, 6.45) is 9.58. The third kappa shape index (κ3) is 1.30. The van der Waals surface area contributed by atoms with Crippen LogP contribution in [-0.2, 0) is 7.05 Å². The summed E-state index contributed by atoms with van der Waals surface area (Å²) in [7, 11) is 1.91. The predicted molar refractivity (Wildman–Crippen MR) is 57.4 cm³/mol. The smallest absolute Gasteiger partial charge is 0.137 e. The van der Waals surface area contributed by atoms with Crippen molar-refractivity contribution in [2.75, 3.05) is 0 Å². The molecule has 0 unspecified atom stereocenters. The number of hydrogen-bond donors (Lipinski definition) is 0. The zero-order valence-electron chi connectivity index (χ0n) is 8.33. The standard InChI is InChI=1S/C11H10N4/c1-14-8-10(7-13-14)9-2-4-15-5-3-12-11(15)6-9/h2-8H,1H3. The zero-order chi connectivity index (χ0) is 10.3. The molecule has 3 aromatic rings. The number of pyridine rings is 1. The first-order valence-corrected chi connectivity index (χ1v) is 4.75. The Morgan fingerprint density at radius 1 is 1.20 bits per heavy atom. The van der Waals surface area contributed by atoms with Crippen molar-refractivity contribution in [1.29, 1.82) is 0 Å². The lowest BCUT2D eigenvalue weighted by molar-refractivity contribution is 0.768. The van der Waals surface area contributed by atoms with Gasteiger partial charge in [-0.2, -0.15) is 5.10 Å². The van der Waals surface area contributed by atoms with Crippen molar-refractivity contribution in [3.8, 4) is 11.1 Å². The van der Waals surface area contributed by atoms with Gasteiger partial charge in [-0.05, 0) is 17.7 Å². The van der Waals surface area contributed by atoms with Crippen LogP contribution in [0.3, 0.4) is 0 Å². The van der Waals surface area contributed by atoms with E-state index in [9.17, 15) is 0 Å². The highest BCUT2D eigenvalue weighted by molar-refractivity contribution is 5.65. The Kier molecular flexibility index (Phi) is 1.62. The largest absolute Gasteiger partial charge is 0.307 e. The van der Waals surface area contributed by atoms with Gasteiger partial charge in [-0.15, -0.1) is 0 Å². The molecule has 3 aromatic heterocycles. The van der Waals surface area contributed by atoms with E-state index in [4.69, 9.17) is 0 Å². The van der Waals surface area contributed by atoms with Crippen LogP contribution in [0.25, 0.3) is 16.8 Å². The van der Waals surface area contributed by atoms with E-state index in [-0.39, 0.29) is 0 Å². The molecular formula is C11H10N4. The summed E-state index contributed by atoms with van der Waals surface area (Å²) in [5.41, 5.74) is 3.21. The molecule has 0 aliphatic carbocycles. The molecule has 0 saturated heterocycles. The van der Waals surface area contributed by atoms with E-state index in [0.29, 0.717) is 0 Å². The molecule has 3 heterocycles. The molecule has 4 heteroatoms. The average Bonchev–Trinajstić information content (AvgIpc) is 2.84. The summed E-state index contributed by atoms with van der Waals surface area (Å²) in [5, 5.41) is 4.15. The second-order valence-corrected chi connectivity index (χ2v) is 3.51. The number of nitrogens with zero attached hydrogens (tertiary/aromatic N) is 4. The van der Waals surface area contributed by atoms with E-state index in [1.807, 2.05) is 36.2 Å². The lowest BCUT2D eigenvalue weighted by Gasteiger charge is -1.98. The number of imidazole rings is 1. The van der Waals surface area contributed by atoms with Gasteiger partial charge < -0.3 is 4.40 Å². The third-order valence-electron chi connectivity index (χ3n) is 2.44. The molecular weight excluding hydrogens is 188 g/mol. The highest BCUT2D eigenvalue weighted by atomic mass is 15.2. The minimum Gasteiger partial charge on any atom is -0.307 e. The number of aryl methyl sites for hydroxylation is 1. The molecule has 3 rings (SSSR count). The molecule has 0 bridgehead atoms. The summed E-state index contributed by atoms with van der Waals surface area (Å²) in [6, 6.07) is 4.11. The molecule has 0 saturated carbocycles. The van der Waals surface area contributed by atoms with E-state index in [0.717, 1.165) is 16.8 Å². The molecule has 0 amide bonds. The molecule has 0 radical (unpaired) electrons. The average molecular weight is 198 g/mol. The van der Waals surface area contributed by atoms with Crippen molar-refractivity contribution in [3.05, 3.63) is 43.1 Å². The maximum Gasteiger partial charge on any atom is 0.137 e. The van der Waals surface area contributed by atoms with Crippen molar-refractivity contribution in [2.24, 2.45) is 7.05 Å². The Labute approximate surface area is 86.8 Å². The van der Waals surface area contributed by atoms with Crippen molar-refractivity contribution in [3.63, 3.8) is 0 Å². The minimum atomic E-state index is 0.955. The molecule has 4 nitrogen and oxygen atoms in total. The minimum absolute atomic E-state index is 0.955. The Hall–Kier alpha value is -2.10. The molecule has 0 N–H and O–H groups in total. The van der Waals surface area contributed by atoms with Gasteiger partial charge in [-0.3, -0.25) is 4.68 Å². The monoisotopic (exact) mass is 198 g/mol. The molecule has 15 heavy (non-hydrogen) atoms. The van der Waals surface area contributed by atoms with Crippen molar-refractivity contribution in [2.45, 2.75) is 0 Å². The SMILES string of the molecule is Cn1cc(-c2ccn3ccnc3c2)cn1. The maximum atomic E-state index is 4.25. The Balaban J connectivity index is 2.18. The normalized spacial score (nSPS) is 11.0. The van der Waals surface area contributed by atoms with Crippen LogP contribution in [0.15, 0.2) is 43.1 Å². The number of rotatable bonds is 1. The van der Waals surface area contributed by atoms with Crippen molar-refractivity contribution >= 4 is 5.65 Å². The van der Waals surface area contributed by atoms with Crippen molar-refractivity contribution in [1.82, 2.24) is 19.2 Å². The first-order valence-electron chi connectivity index (χ1n) is 4.75. The number of fused-ring (bicyclic) bond motifs is 1. The number of hydrogen-bond acceptors (Lipinski definition) is 2. The molecule has 0 aliphatic heterocycles. The van der Waals surface area contributed by atoms with Gasteiger partial charge in [-0.25, -0.2) is 4.98 Å². The quantitative estimate of drug-likeness (QED) is 0.597. The van der Waals surface area contributed by atoms with E-state index in [1.165, 1.54) is 0 Å². The van der Waals surface area contributed by atoms with Gasteiger partial charge in [0.05, 0.1) is 6.20 Å². The second-order valence-electron chi connectivity index (χ2n) is 3.51. The maximum absolute atomic E-state index is 4.25. The summed E-state index contributed by atoms with van der Waals surface area (Å²) in [4.78, 5) is 4.25. The van der Waals surface area contributed by atoms with Crippen molar-refractivity contribution < 1.29 is 0 Å². The van der Waals surface area contributed by atoms with E-state index < -0.39 is 0 Å². The predicted octanol–water partition coefficient (Wildman–Crippen LogP) is 1.73. The summed E-state index contributed by atoms with van der Waals surface area (Å²) in [5.74, 6) is 0. The van der Waals surface area contributed by atoms with Crippen LogP contribution < -0.4 is 0 Å². The van der Waals surface area contributed by atoms with Gasteiger partial charge in [0.1, 0.15) is 5.65 Å². The van der Waals surface area contributed by atoms with Crippen LogP contribution >= 0.6 is 0 Å². The lowest BCUT2D eigenvalue weighted by Crippen LogP contribution is -1.85. The van der Waals surface area contributed by atoms with Gasteiger partial charge in [-0.1, -0.05) is 0 Å². The first kappa shape index (κ1) is 8.23. The fourth-order valence-electron chi connectivity index (χ4n) is 1.66. The molecule has 0 spiro atoms. The fraction of sp³-hybridized carbons (Fsp3) is 0.0909. The van der Waals surface area contributed by atoms with Crippen LogP contribution in [0, 0.1) is 0 Å². The topological polar surface area (TPSA) is 35.1 Å². The van der Waals surface area contributed by atoms with Gasteiger partial charge in [0.25, 0.3) is 0 Å². The highest BCUT2D eigenvalue weighted by Gasteiger charge is 2.01. The molecule has 0 aromatic carbocycles. The fourth-order valence-corrected chi connectivity index (χ4v) is 1.66. The first-order chi connectivity index (χ1) is 7.33. The highest BCUT2D eigenvalue weighted by Crippen LogP contribution is 2.19. The number of aromatic nitrogens is 4. The molecule has 74 valence electrons. The summed E-state index contributed by atoms with van der Waals surface area (Å²) >= 11 is 0. The van der Waals surface area contributed by atoms with Crippen LogP contribution in [-0.4, -0.2) is 19.2 Å². The Morgan fingerprint density at radius 3 is 2.93 bits per heavy atom. The molecule has 0 fully saturated rings. The zero-order valence-corrected chi connectivity index (χ0v) is 8.33. The Bertz CT molecular complexity index is 606. The third-order valence-corrected chi connectivity index (χ3v) is 2.44. The lowest BCUT2D eigenvalue weighted by atomic mass is 10.1. The van der Waals surface area contributed by atoms with Crippen LogP contribution in [0.2, 0.25) is 0 Å². The molecule has 0 atom stereocenters. The van der Waals surface area contributed by atoms with Crippen LogP contribution in [0.4, 0.5) is 0 Å². The summed E-state index contributed by atoms with van der Waals surface area (Å²) < 4.78 is 3.78. The summed E-state index contributed by atoms with van der Waals surface area (Å²) in [6.45, 7) is 0. The van der Waals surface area contributed by atoms with E-state index >= 15 is 0 Å². The van der Waals surface area contributed by atoms with Gasteiger partial charge in [0.15, 0.2) is 0 Å². The second kappa shape index (κ2) is 2.95. The van der Waals surface area contributed by atoms with E-state index in [1.54, 1.807) is 10.9 Å². The van der Waals surface area contributed by atoms with Gasteiger partial charge in [0, 0.05) is 37.4 Å². The van der Waals surface area contributed by atoms with Crippen LogP contribution in [0.1, 0.15) is 0 Å². The van der Waals surface area contributed by atoms with Gasteiger partial charge in [0.2, 0.25) is 0 Å². The van der Waals surface area contributed by atoms with E-state index in [2.05, 4.69) is 22.2 Å². The van der Waals surface area contributed by atoms with Crippen LogP contribution in [0.5, 0.6) is 0 Å². The van der Waals surface area contributed by atoms with Gasteiger partial charge >= 0.3 is 0 Å².